The third-order valence-corrected chi connectivity index (χ3v) is 6.18. The molecule has 1 heterocycles. The van der Waals surface area contributed by atoms with Crippen LogP contribution in [0, 0.1) is 5.92 Å². The largest absolute Gasteiger partial charge is 0.309 e. The number of hydrogen-bond donors (Lipinski definition) is 0. The maximum absolute atomic E-state index is 2.87. The van der Waals surface area contributed by atoms with Gasteiger partial charge in [-0.2, -0.15) is 0 Å². The second-order valence-electron chi connectivity index (χ2n) is 8.78. The minimum atomic E-state index is 0.883. The van der Waals surface area contributed by atoms with E-state index < -0.39 is 0 Å². The van der Waals surface area contributed by atoms with Gasteiger partial charge in [0.25, 0.3) is 0 Å². The monoisotopic (exact) mass is 352 g/mol. The van der Waals surface area contributed by atoms with E-state index in [9.17, 15) is 0 Å². The molecule has 1 saturated heterocycles. The molecule has 0 saturated carbocycles. The molecule has 0 aliphatic carbocycles. The third kappa shape index (κ3) is 11.3. The average Bonchev–Trinajstić information content (AvgIpc) is 2.62. The number of piperidine rings is 1. The summed E-state index contributed by atoms with van der Waals surface area (Å²) >= 11 is 0. The fraction of sp³-hybridized carbons (Fsp3) is 1.00. The second kappa shape index (κ2) is 15.0. The van der Waals surface area contributed by atoms with Crippen LogP contribution in [0.25, 0.3) is 0 Å². The van der Waals surface area contributed by atoms with Crippen molar-refractivity contribution < 1.29 is 0 Å². The van der Waals surface area contributed by atoms with Gasteiger partial charge in [-0.3, -0.25) is 0 Å². The Kier molecular flexibility index (Phi) is 13.8. The first-order valence-electron chi connectivity index (χ1n) is 11.6. The Hall–Kier alpha value is -0.0800. The molecule has 0 aromatic carbocycles. The van der Waals surface area contributed by atoms with Gasteiger partial charge in [-0.05, 0) is 71.8 Å². The van der Waals surface area contributed by atoms with Crippen LogP contribution >= 0.6 is 0 Å². The lowest BCUT2D eigenvalue weighted by molar-refractivity contribution is 0.111. The molecule has 1 aliphatic rings. The van der Waals surface area contributed by atoms with Crippen molar-refractivity contribution in [3.8, 4) is 0 Å². The van der Waals surface area contributed by atoms with E-state index >= 15 is 0 Å². The Morgan fingerprint density at radius 1 is 0.800 bits per heavy atom. The highest BCUT2D eigenvalue weighted by molar-refractivity contribution is 4.79. The highest BCUT2D eigenvalue weighted by Gasteiger charge is 2.24. The van der Waals surface area contributed by atoms with Crippen LogP contribution in [-0.4, -0.2) is 49.6 Å². The van der Waals surface area contributed by atoms with E-state index in [1.807, 2.05) is 0 Å². The molecule has 0 bridgehead atoms. The van der Waals surface area contributed by atoms with E-state index in [2.05, 4.69) is 37.7 Å². The molecule has 150 valence electrons. The van der Waals surface area contributed by atoms with Gasteiger partial charge in [0, 0.05) is 6.04 Å². The molecule has 2 heteroatoms. The van der Waals surface area contributed by atoms with E-state index in [1.165, 1.54) is 110 Å². The Bertz CT molecular complexity index is 282. The molecule has 0 aromatic rings. The minimum Gasteiger partial charge on any atom is -0.309 e. The van der Waals surface area contributed by atoms with Crippen LogP contribution in [0.3, 0.4) is 0 Å². The molecule has 0 N–H and O–H groups in total. The van der Waals surface area contributed by atoms with Crippen LogP contribution in [0.2, 0.25) is 0 Å². The highest BCUT2D eigenvalue weighted by atomic mass is 15.2. The minimum absolute atomic E-state index is 0.883. The standard InChI is InChI=1S/C23H48N2/c1-5-7-9-11-13-15-23(14-12-10-8-6-2)25-20-17-22(18-21-25)16-19-24(3)4/h22-23H,5-21H2,1-4H3. The molecule has 0 radical (unpaired) electrons. The van der Waals surface area contributed by atoms with Gasteiger partial charge in [-0.1, -0.05) is 71.6 Å². The summed E-state index contributed by atoms with van der Waals surface area (Å²) < 4.78 is 0. The molecular weight excluding hydrogens is 304 g/mol. The average molecular weight is 353 g/mol. The van der Waals surface area contributed by atoms with Crippen molar-refractivity contribution in [3.63, 3.8) is 0 Å². The van der Waals surface area contributed by atoms with Crippen molar-refractivity contribution in [2.75, 3.05) is 33.7 Å². The predicted molar refractivity (Wildman–Crippen MR) is 113 cm³/mol. The van der Waals surface area contributed by atoms with E-state index in [0.717, 1.165) is 12.0 Å². The van der Waals surface area contributed by atoms with E-state index in [-0.39, 0.29) is 0 Å². The summed E-state index contributed by atoms with van der Waals surface area (Å²) in [6, 6.07) is 0.883. The first-order chi connectivity index (χ1) is 12.2. The van der Waals surface area contributed by atoms with E-state index in [4.69, 9.17) is 0 Å². The Morgan fingerprint density at radius 2 is 1.32 bits per heavy atom. The zero-order valence-corrected chi connectivity index (χ0v) is 18.1. The Labute approximate surface area is 159 Å². The molecule has 1 atom stereocenters. The lowest BCUT2D eigenvalue weighted by atomic mass is 9.90. The predicted octanol–water partition coefficient (Wildman–Crippen LogP) is 6.35. The van der Waals surface area contributed by atoms with Crippen molar-refractivity contribution in [1.82, 2.24) is 9.80 Å². The maximum atomic E-state index is 2.87. The third-order valence-electron chi connectivity index (χ3n) is 6.18. The highest BCUT2D eigenvalue weighted by Crippen LogP contribution is 2.26. The fourth-order valence-electron chi connectivity index (χ4n) is 4.35. The van der Waals surface area contributed by atoms with Crippen LogP contribution in [0.1, 0.15) is 104 Å². The summed E-state index contributed by atoms with van der Waals surface area (Å²) in [6.07, 6.45) is 20.0. The summed E-state index contributed by atoms with van der Waals surface area (Å²) in [5.41, 5.74) is 0. The molecular formula is C23H48N2. The molecule has 25 heavy (non-hydrogen) atoms. The molecule has 0 amide bonds. The molecule has 1 fully saturated rings. The quantitative estimate of drug-likeness (QED) is 0.317. The normalized spacial score (nSPS) is 18.1. The van der Waals surface area contributed by atoms with Gasteiger partial charge in [0.15, 0.2) is 0 Å². The second-order valence-corrected chi connectivity index (χ2v) is 8.78. The summed E-state index contributed by atoms with van der Waals surface area (Å²) in [5, 5.41) is 0. The summed E-state index contributed by atoms with van der Waals surface area (Å²) in [6.45, 7) is 8.64. The van der Waals surface area contributed by atoms with Crippen LogP contribution in [0.15, 0.2) is 0 Å². The summed E-state index contributed by atoms with van der Waals surface area (Å²) in [5.74, 6) is 0.976. The van der Waals surface area contributed by atoms with Gasteiger partial charge in [0.1, 0.15) is 0 Å². The SMILES string of the molecule is CCCCCCCC(CCCCCC)N1CCC(CCN(C)C)CC1. The van der Waals surface area contributed by atoms with Crippen LogP contribution in [-0.2, 0) is 0 Å². The first kappa shape index (κ1) is 23.0. The van der Waals surface area contributed by atoms with Crippen molar-refractivity contribution in [1.29, 1.82) is 0 Å². The number of likely N-dealkylation sites (tertiary alicyclic amines) is 1. The lowest BCUT2D eigenvalue weighted by Gasteiger charge is -2.38. The smallest absolute Gasteiger partial charge is 0.00952 e. The molecule has 1 rings (SSSR count). The zero-order valence-electron chi connectivity index (χ0n) is 18.1. The van der Waals surface area contributed by atoms with Gasteiger partial charge in [0.2, 0.25) is 0 Å². The number of nitrogens with zero attached hydrogens (tertiary/aromatic N) is 2. The fourth-order valence-corrected chi connectivity index (χ4v) is 4.35. The van der Waals surface area contributed by atoms with Gasteiger partial charge in [-0.25, -0.2) is 0 Å². The molecule has 1 unspecified atom stereocenters. The summed E-state index contributed by atoms with van der Waals surface area (Å²) in [4.78, 5) is 5.22. The molecule has 1 aliphatic heterocycles. The van der Waals surface area contributed by atoms with Crippen molar-refractivity contribution in [3.05, 3.63) is 0 Å². The van der Waals surface area contributed by atoms with Gasteiger partial charge >= 0.3 is 0 Å². The molecule has 0 spiro atoms. The Morgan fingerprint density at radius 3 is 1.84 bits per heavy atom. The topological polar surface area (TPSA) is 6.48 Å². The first-order valence-corrected chi connectivity index (χ1v) is 11.6. The van der Waals surface area contributed by atoms with Crippen LogP contribution in [0.4, 0.5) is 0 Å². The van der Waals surface area contributed by atoms with Crippen molar-refractivity contribution in [2.45, 2.75) is 110 Å². The van der Waals surface area contributed by atoms with Gasteiger partial charge in [0.05, 0.1) is 0 Å². The molecule has 0 aromatic heterocycles. The van der Waals surface area contributed by atoms with E-state index in [0.29, 0.717) is 0 Å². The Balaban J connectivity index is 2.32. The van der Waals surface area contributed by atoms with Crippen LogP contribution in [0.5, 0.6) is 0 Å². The number of rotatable bonds is 15. The lowest BCUT2D eigenvalue weighted by Crippen LogP contribution is -2.41. The van der Waals surface area contributed by atoms with Crippen molar-refractivity contribution >= 4 is 0 Å². The number of unbranched alkanes of at least 4 members (excludes halogenated alkanes) is 7. The van der Waals surface area contributed by atoms with E-state index in [1.54, 1.807) is 0 Å². The molecule has 2 nitrogen and oxygen atoms in total. The van der Waals surface area contributed by atoms with Gasteiger partial charge in [-0.15, -0.1) is 0 Å². The number of hydrogen-bond acceptors (Lipinski definition) is 2. The maximum Gasteiger partial charge on any atom is 0.00952 e. The van der Waals surface area contributed by atoms with Gasteiger partial charge < -0.3 is 9.80 Å². The summed E-state index contributed by atoms with van der Waals surface area (Å²) in [7, 11) is 4.42. The zero-order chi connectivity index (χ0) is 18.3. The van der Waals surface area contributed by atoms with Crippen LogP contribution < -0.4 is 0 Å². The van der Waals surface area contributed by atoms with Crippen molar-refractivity contribution in [2.24, 2.45) is 5.92 Å².